The Morgan fingerprint density at radius 2 is 1.68 bits per heavy atom. The number of alkyl halides is 5. The Morgan fingerprint density at radius 3 is 2.18 bits per heavy atom. The lowest BCUT2D eigenvalue weighted by molar-refractivity contribution is -0.191. The lowest BCUT2D eigenvalue weighted by Gasteiger charge is -2.31. The highest BCUT2D eigenvalue weighted by atomic mass is 32.1. The molecule has 0 aromatic heterocycles. The molecule has 38 heavy (non-hydrogen) atoms. The Balaban J connectivity index is 0.00000247. The molecule has 3 rings (SSSR count). The summed E-state index contributed by atoms with van der Waals surface area (Å²) in [5, 5.41) is 11.5. The number of halogens is 6. The van der Waals surface area contributed by atoms with E-state index in [4.69, 9.17) is 12.2 Å². The molecule has 0 atom stereocenters. The number of benzene rings is 2. The number of anilines is 2. The molecule has 1 fully saturated rings. The van der Waals surface area contributed by atoms with Gasteiger partial charge in [-0.05, 0) is 62.5 Å². The van der Waals surface area contributed by atoms with Gasteiger partial charge in [0.2, 0.25) is 0 Å². The van der Waals surface area contributed by atoms with Gasteiger partial charge in [0.1, 0.15) is 12.2 Å². The maximum atomic E-state index is 14.7. The van der Waals surface area contributed by atoms with Crippen molar-refractivity contribution >= 4 is 34.6 Å². The predicted molar refractivity (Wildman–Crippen MR) is 138 cm³/mol. The van der Waals surface area contributed by atoms with Gasteiger partial charge >= 0.3 is 6.18 Å². The van der Waals surface area contributed by atoms with Crippen LogP contribution in [0.15, 0.2) is 48.7 Å². The summed E-state index contributed by atoms with van der Waals surface area (Å²) < 4.78 is 82.3. The van der Waals surface area contributed by atoms with Gasteiger partial charge in [-0.2, -0.15) is 18.4 Å². The van der Waals surface area contributed by atoms with Gasteiger partial charge in [-0.1, -0.05) is 20.4 Å². The predicted octanol–water partition coefficient (Wildman–Crippen LogP) is 7.03. The van der Waals surface area contributed by atoms with Gasteiger partial charge in [0, 0.05) is 29.7 Å². The average molecular weight is 557 g/mol. The molecule has 1 saturated heterocycles. The normalized spacial score (nSPS) is 15.1. The minimum atomic E-state index is -5.18. The molecule has 0 radical (unpaired) electrons. The van der Waals surface area contributed by atoms with Gasteiger partial charge in [0.25, 0.3) is 11.8 Å². The first-order chi connectivity index (χ1) is 17.5. The quantitative estimate of drug-likeness (QED) is 0.317. The fourth-order valence-corrected chi connectivity index (χ4v) is 4.49. The van der Waals surface area contributed by atoms with Crippen molar-refractivity contribution in [3.8, 4) is 6.07 Å². The molecule has 0 saturated carbocycles. The van der Waals surface area contributed by atoms with E-state index < -0.39 is 46.9 Å². The van der Waals surface area contributed by atoms with Crippen LogP contribution in [-0.2, 0) is 5.92 Å². The van der Waals surface area contributed by atoms with Crippen molar-refractivity contribution in [2.24, 2.45) is 0 Å². The van der Waals surface area contributed by atoms with Gasteiger partial charge in [-0.15, -0.1) is 0 Å². The monoisotopic (exact) mass is 556 g/mol. The van der Waals surface area contributed by atoms with Crippen molar-refractivity contribution in [1.82, 2.24) is 5.32 Å². The van der Waals surface area contributed by atoms with E-state index >= 15 is 0 Å². The number of carbonyl (C=O) groups excluding carboxylic acids is 1. The van der Waals surface area contributed by atoms with E-state index in [0.29, 0.717) is 0 Å². The summed E-state index contributed by atoms with van der Waals surface area (Å²) in [6, 6.07) is 8.30. The molecule has 0 spiro atoms. The van der Waals surface area contributed by atoms with Gasteiger partial charge in [0.05, 0.1) is 22.7 Å². The number of thiocarbonyl (C=S) groups is 1. The van der Waals surface area contributed by atoms with Crippen LogP contribution < -0.4 is 15.1 Å². The smallest absolute Gasteiger partial charge is 0.355 e. The number of hydrogen-bond acceptors (Lipinski definition) is 3. The van der Waals surface area contributed by atoms with E-state index in [1.54, 1.807) is 13.8 Å². The van der Waals surface area contributed by atoms with E-state index in [1.165, 1.54) is 41.1 Å². The molecular weight excluding hydrogens is 530 g/mol. The van der Waals surface area contributed by atoms with E-state index in [1.807, 2.05) is 13.8 Å². The molecule has 12 heteroatoms. The topological polar surface area (TPSA) is 59.4 Å². The van der Waals surface area contributed by atoms with Gasteiger partial charge in [-0.25, -0.2) is 13.2 Å². The van der Waals surface area contributed by atoms with Crippen molar-refractivity contribution < 1.29 is 31.1 Å². The molecule has 0 aliphatic carbocycles. The van der Waals surface area contributed by atoms with Crippen LogP contribution in [0, 0.1) is 17.1 Å². The third-order valence-electron chi connectivity index (χ3n) is 5.80. The van der Waals surface area contributed by atoms with Crippen LogP contribution in [-0.4, -0.2) is 29.8 Å². The van der Waals surface area contributed by atoms with Crippen molar-refractivity contribution in [3.05, 3.63) is 71.2 Å². The molecule has 5 nitrogen and oxygen atoms in total. The second-order valence-electron chi connectivity index (χ2n) is 8.54. The van der Waals surface area contributed by atoms with Crippen molar-refractivity contribution in [1.29, 1.82) is 5.26 Å². The minimum absolute atomic E-state index is 0.0214. The standard InChI is InChI=1S/C24H20F6N4OS.C2H6/c1-13-22(2,3)34(16-7-8-17(19(25)10-16)20(35)32-4)21(36)33(13)15-6-5-14(11-31)18(9-15)23(26,27)12-24(28,29)30;1-2/h5-10H,1,12H2,2-4H3,(H,32,35);1-2H3. The zero-order chi connectivity index (χ0) is 29.2. The molecule has 1 aliphatic rings. The number of carbonyl (C=O) groups is 1. The molecule has 1 aliphatic heterocycles. The Morgan fingerprint density at radius 1 is 1.11 bits per heavy atom. The highest BCUT2D eigenvalue weighted by Crippen LogP contribution is 2.45. The lowest BCUT2D eigenvalue weighted by atomic mass is 9.97. The summed E-state index contributed by atoms with van der Waals surface area (Å²) in [5.41, 5.74) is -2.50. The van der Waals surface area contributed by atoms with Crippen LogP contribution in [0.3, 0.4) is 0 Å². The third kappa shape index (κ3) is 5.78. The van der Waals surface area contributed by atoms with E-state index in [-0.39, 0.29) is 27.7 Å². The van der Waals surface area contributed by atoms with Crippen molar-refractivity contribution in [3.63, 3.8) is 0 Å². The first-order valence-corrected chi connectivity index (χ1v) is 11.8. The van der Waals surface area contributed by atoms with E-state index in [9.17, 15) is 36.4 Å². The number of nitriles is 1. The van der Waals surface area contributed by atoms with Crippen molar-refractivity contribution in [2.45, 2.75) is 51.8 Å². The molecule has 1 amide bonds. The lowest BCUT2D eigenvalue weighted by Crippen LogP contribution is -2.41. The summed E-state index contributed by atoms with van der Waals surface area (Å²) in [7, 11) is 1.35. The number of rotatable bonds is 5. The number of nitrogens with one attached hydrogen (secondary N) is 1. The molecular formula is C26H26F6N4OS. The molecule has 0 bridgehead atoms. The summed E-state index contributed by atoms with van der Waals surface area (Å²) in [5.74, 6) is -5.85. The number of nitrogens with zero attached hydrogens (tertiary/aromatic N) is 3. The SMILES string of the molecule is C=C1N(c2ccc(C#N)c(C(F)(F)CC(F)(F)F)c2)C(=S)N(c2ccc(C(=O)NC)c(F)c2)C1(C)C.CC. The highest BCUT2D eigenvalue weighted by Gasteiger charge is 2.48. The maximum Gasteiger partial charge on any atom is 0.395 e. The molecule has 1 heterocycles. The summed E-state index contributed by atoms with van der Waals surface area (Å²) >= 11 is 5.54. The van der Waals surface area contributed by atoms with Crippen LogP contribution in [0.4, 0.5) is 37.7 Å². The molecule has 2 aromatic carbocycles. The second-order valence-corrected chi connectivity index (χ2v) is 8.91. The highest BCUT2D eigenvalue weighted by molar-refractivity contribution is 7.80. The largest absolute Gasteiger partial charge is 0.395 e. The zero-order valence-corrected chi connectivity index (χ0v) is 22.1. The Labute approximate surface area is 222 Å². The van der Waals surface area contributed by atoms with Crippen LogP contribution in [0.25, 0.3) is 0 Å². The summed E-state index contributed by atoms with van der Waals surface area (Å²) in [6.45, 7) is 11.3. The molecule has 1 N–H and O–H groups in total. The number of amides is 1. The van der Waals surface area contributed by atoms with E-state index in [0.717, 1.165) is 18.2 Å². The second kappa shape index (κ2) is 11.0. The third-order valence-corrected chi connectivity index (χ3v) is 6.16. The number of hydrogen-bond donors (Lipinski definition) is 1. The van der Waals surface area contributed by atoms with Crippen LogP contribution in [0.1, 0.15) is 55.6 Å². The van der Waals surface area contributed by atoms with E-state index in [2.05, 4.69) is 11.9 Å². The van der Waals surface area contributed by atoms with Crippen LogP contribution in [0.2, 0.25) is 0 Å². The molecule has 204 valence electrons. The Kier molecular flexibility index (Phi) is 8.89. The average Bonchev–Trinajstić information content (AvgIpc) is 3.01. The van der Waals surface area contributed by atoms with Gasteiger partial charge < -0.3 is 10.2 Å². The Bertz CT molecular complexity index is 1300. The van der Waals surface area contributed by atoms with Crippen LogP contribution in [0.5, 0.6) is 0 Å². The fourth-order valence-electron chi connectivity index (χ4n) is 3.94. The van der Waals surface area contributed by atoms with Gasteiger partial charge in [0.15, 0.2) is 5.11 Å². The first kappa shape index (κ1) is 30.6. The summed E-state index contributed by atoms with van der Waals surface area (Å²) in [4.78, 5) is 14.6. The van der Waals surface area contributed by atoms with Gasteiger partial charge in [-0.3, -0.25) is 9.69 Å². The first-order valence-electron chi connectivity index (χ1n) is 11.4. The summed E-state index contributed by atoms with van der Waals surface area (Å²) in [6.07, 6.45) is -7.62. The zero-order valence-electron chi connectivity index (χ0n) is 21.3. The fraction of sp³-hybridized carbons (Fsp3) is 0.346. The minimum Gasteiger partial charge on any atom is -0.355 e. The molecule has 2 aromatic rings. The maximum absolute atomic E-state index is 14.7. The Hall–Kier alpha value is -3.59. The molecule has 0 unspecified atom stereocenters. The van der Waals surface area contributed by atoms with Crippen LogP contribution >= 0.6 is 12.2 Å². The van der Waals surface area contributed by atoms with Crippen molar-refractivity contribution in [2.75, 3.05) is 16.8 Å².